The zero-order chi connectivity index (χ0) is 9.14. The van der Waals surface area contributed by atoms with Gasteiger partial charge in [0.15, 0.2) is 0 Å². The molecule has 0 unspecified atom stereocenters. The molecule has 12 heavy (non-hydrogen) atoms. The van der Waals surface area contributed by atoms with Crippen LogP contribution in [-0.4, -0.2) is 12.1 Å². The zero-order valence-electron chi connectivity index (χ0n) is 7.13. The van der Waals surface area contributed by atoms with Crippen molar-refractivity contribution < 1.29 is 4.74 Å². The molecule has 0 saturated heterocycles. The number of thiocarbonyl (C=S) groups is 1. The molecule has 1 aromatic rings. The van der Waals surface area contributed by atoms with Crippen molar-refractivity contribution in [1.82, 2.24) is 0 Å². The Hall–Kier alpha value is -1.09. The van der Waals surface area contributed by atoms with E-state index < -0.39 is 0 Å². The topological polar surface area (TPSA) is 35.2 Å². The Bertz CT molecular complexity index is 309. The quantitative estimate of drug-likeness (QED) is 0.704. The van der Waals surface area contributed by atoms with Crippen molar-refractivity contribution >= 4 is 17.2 Å². The van der Waals surface area contributed by atoms with Crippen LogP contribution in [0.25, 0.3) is 0 Å². The highest BCUT2D eigenvalue weighted by Gasteiger charge is 2.01. The molecule has 0 amide bonds. The first-order valence-electron chi connectivity index (χ1n) is 3.59. The normalized spacial score (nSPS) is 9.50. The van der Waals surface area contributed by atoms with E-state index in [2.05, 4.69) is 0 Å². The molecule has 1 aromatic carbocycles. The van der Waals surface area contributed by atoms with Gasteiger partial charge in [-0.2, -0.15) is 0 Å². The molecule has 0 aliphatic heterocycles. The Morgan fingerprint density at radius 1 is 1.50 bits per heavy atom. The molecule has 0 bridgehead atoms. The maximum atomic E-state index is 5.46. The average Bonchev–Trinajstić information content (AvgIpc) is 2.05. The van der Waals surface area contributed by atoms with E-state index in [1.165, 1.54) is 0 Å². The molecule has 1 rings (SSSR count). The summed E-state index contributed by atoms with van der Waals surface area (Å²) >= 11 is 4.84. The largest absolute Gasteiger partial charge is 0.496 e. The van der Waals surface area contributed by atoms with E-state index in [0.29, 0.717) is 4.99 Å². The number of rotatable bonds is 2. The Kier molecular flexibility index (Phi) is 2.65. The minimum atomic E-state index is 0.397. The van der Waals surface area contributed by atoms with Gasteiger partial charge < -0.3 is 10.5 Å². The summed E-state index contributed by atoms with van der Waals surface area (Å²) in [5.41, 5.74) is 7.38. The van der Waals surface area contributed by atoms with Crippen LogP contribution in [0, 0.1) is 6.92 Å². The van der Waals surface area contributed by atoms with Gasteiger partial charge in [-0.1, -0.05) is 24.4 Å². The molecular weight excluding hydrogens is 170 g/mol. The Morgan fingerprint density at radius 3 is 2.67 bits per heavy atom. The molecular formula is C9H11NOS. The Morgan fingerprint density at radius 2 is 2.17 bits per heavy atom. The van der Waals surface area contributed by atoms with Gasteiger partial charge in [0.25, 0.3) is 0 Å². The van der Waals surface area contributed by atoms with Crippen LogP contribution in [0.5, 0.6) is 5.75 Å². The van der Waals surface area contributed by atoms with Gasteiger partial charge in [-0.3, -0.25) is 0 Å². The van der Waals surface area contributed by atoms with Crippen molar-refractivity contribution in [3.05, 3.63) is 29.3 Å². The summed E-state index contributed by atoms with van der Waals surface area (Å²) in [4.78, 5) is 0.397. The predicted octanol–water partition coefficient (Wildman–Crippen LogP) is 1.64. The van der Waals surface area contributed by atoms with Crippen molar-refractivity contribution in [2.24, 2.45) is 5.73 Å². The predicted molar refractivity (Wildman–Crippen MR) is 53.6 cm³/mol. The van der Waals surface area contributed by atoms with Crippen LogP contribution in [0.3, 0.4) is 0 Å². The monoisotopic (exact) mass is 181 g/mol. The number of ether oxygens (including phenoxy) is 1. The molecule has 0 aromatic heterocycles. The van der Waals surface area contributed by atoms with E-state index in [4.69, 9.17) is 22.7 Å². The van der Waals surface area contributed by atoms with Crippen LogP contribution in [0.4, 0.5) is 0 Å². The van der Waals surface area contributed by atoms with Crippen LogP contribution in [0.15, 0.2) is 18.2 Å². The third-order valence-electron chi connectivity index (χ3n) is 1.69. The maximum Gasteiger partial charge on any atom is 0.122 e. The number of nitrogens with two attached hydrogens (primary N) is 1. The summed E-state index contributed by atoms with van der Waals surface area (Å²) in [6.07, 6.45) is 0. The lowest BCUT2D eigenvalue weighted by Gasteiger charge is -2.05. The molecule has 0 aliphatic carbocycles. The van der Waals surface area contributed by atoms with Gasteiger partial charge in [-0.05, 0) is 18.6 Å². The zero-order valence-corrected chi connectivity index (χ0v) is 7.94. The van der Waals surface area contributed by atoms with Gasteiger partial charge in [0.05, 0.1) is 7.11 Å². The van der Waals surface area contributed by atoms with Crippen LogP contribution in [-0.2, 0) is 0 Å². The molecule has 0 spiro atoms. The summed E-state index contributed by atoms with van der Waals surface area (Å²) in [7, 11) is 1.63. The fraction of sp³-hybridized carbons (Fsp3) is 0.222. The van der Waals surface area contributed by atoms with E-state index in [0.717, 1.165) is 16.9 Å². The third-order valence-corrected chi connectivity index (χ3v) is 1.93. The van der Waals surface area contributed by atoms with Gasteiger partial charge in [-0.25, -0.2) is 0 Å². The second kappa shape index (κ2) is 3.54. The minimum Gasteiger partial charge on any atom is -0.496 e. The summed E-state index contributed by atoms with van der Waals surface area (Å²) in [6.45, 7) is 1.97. The first-order valence-corrected chi connectivity index (χ1v) is 4.00. The van der Waals surface area contributed by atoms with Gasteiger partial charge in [0.2, 0.25) is 0 Å². The smallest absolute Gasteiger partial charge is 0.122 e. The third kappa shape index (κ3) is 1.74. The Labute approximate surface area is 77.3 Å². The maximum absolute atomic E-state index is 5.46. The Balaban J connectivity index is 3.13. The highest BCUT2D eigenvalue weighted by Crippen LogP contribution is 2.18. The van der Waals surface area contributed by atoms with Gasteiger partial charge >= 0.3 is 0 Å². The average molecular weight is 181 g/mol. The molecule has 0 heterocycles. The number of benzene rings is 1. The summed E-state index contributed by atoms with van der Waals surface area (Å²) < 4.78 is 5.12. The number of hydrogen-bond acceptors (Lipinski definition) is 2. The lowest BCUT2D eigenvalue weighted by molar-refractivity contribution is 0.411. The van der Waals surface area contributed by atoms with Crippen LogP contribution in [0.1, 0.15) is 11.1 Å². The van der Waals surface area contributed by atoms with Gasteiger partial charge in [-0.15, -0.1) is 0 Å². The summed E-state index contributed by atoms with van der Waals surface area (Å²) in [6, 6.07) is 5.67. The highest BCUT2D eigenvalue weighted by atomic mass is 32.1. The van der Waals surface area contributed by atoms with Crippen molar-refractivity contribution in [3.63, 3.8) is 0 Å². The standard InChI is InChI=1S/C9H11NOS/c1-6-3-4-7(9(10)12)5-8(6)11-2/h3-5H,1-2H3,(H2,10,12). The van der Waals surface area contributed by atoms with E-state index in [1.807, 2.05) is 25.1 Å². The number of methoxy groups -OCH3 is 1. The van der Waals surface area contributed by atoms with Crippen molar-refractivity contribution in [3.8, 4) is 5.75 Å². The molecule has 64 valence electrons. The molecule has 0 atom stereocenters. The number of hydrogen-bond donors (Lipinski definition) is 1. The van der Waals surface area contributed by atoms with Gasteiger partial charge in [0, 0.05) is 5.56 Å². The van der Waals surface area contributed by atoms with Crippen molar-refractivity contribution in [2.45, 2.75) is 6.92 Å². The van der Waals surface area contributed by atoms with Crippen molar-refractivity contribution in [1.29, 1.82) is 0 Å². The first-order chi connectivity index (χ1) is 5.65. The molecule has 0 radical (unpaired) electrons. The summed E-state index contributed by atoms with van der Waals surface area (Å²) in [5.74, 6) is 0.820. The van der Waals surface area contributed by atoms with E-state index in [1.54, 1.807) is 7.11 Å². The van der Waals surface area contributed by atoms with E-state index >= 15 is 0 Å². The van der Waals surface area contributed by atoms with Crippen LogP contribution in [0.2, 0.25) is 0 Å². The summed E-state index contributed by atoms with van der Waals surface area (Å²) in [5, 5.41) is 0. The second-order valence-corrected chi connectivity index (χ2v) is 2.99. The lowest BCUT2D eigenvalue weighted by Crippen LogP contribution is -2.09. The van der Waals surface area contributed by atoms with E-state index in [-0.39, 0.29) is 0 Å². The second-order valence-electron chi connectivity index (χ2n) is 2.55. The number of aryl methyl sites for hydroxylation is 1. The molecule has 0 fully saturated rings. The van der Waals surface area contributed by atoms with Crippen LogP contribution >= 0.6 is 12.2 Å². The van der Waals surface area contributed by atoms with Crippen LogP contribution < -0.4 is 10.5 Å². The molecule has 2 nitrogen and oxygen atoms in total. The first kappa shape index (κ1) is 9.00. The lowest BCUT2D eigenvalue weighted by atomic mass is 10.1. The molecule has 0 aliphatic rings. The van der Waals surface area contributed by atoms with Crippen molar-refractivity contribution in [2.75, 3.05) is 7.11 Å². The fourth-order valence-corrected chi connectivity index (χ4v) is 1.10. The minimum absolute atomic E-state index is 0.397. The molecule has 3 heteroatoms. The van der Waals surface area contributed by atoms with Gasteiger partial charge in [0.1, 0.15) is 10.7 Å². The fourth-order valence-electron chi connectivity index (χ4n) is 0.973. The molecule has 2 N–H and O–H groups in total. The van der Waals surface area contributed by atoms with E-state index in [9.17, 15) is 0 Å². The molecule has 0 saturated carbocycles. The highest BCUT2D eigenvalue weighted by molar-refractivity contribution is 7.80. The SMILES string of the molecule is COc1cc(C(N)=S)ccc1C.